The fourth-order valence-corrected chi connectivity index (χ4v) is 4.39. The summed E-state index contributed by atoms with van der Waals surface area (Å²) in [5, 5.41) is 17.3. The molecule has 2 aromatic rings. The summed E-state index contributed by atoms with van der Waals surface area (Å²) < 4.78 is 5.38. The molecule has 8 nitrogen and oxygen atoms in total. The van der Waals surface area contributed by atoms with Gasteiger partial charge >= 0.3 is 0 Å². The van der Waals surface area contributed by atoms with Gasteiger partial charge in [-0.15, -0.1) is 0 Å². The summed E-state index contributed by atoms with van der Waals surface area (Å²) in [4.78, 5) is 40.9. The summed E-state index contributed by atoms with van der Waals surface area (Å²) in [7, 11) is 0. The van der Waals surface area contributed by atoms with Crippen molar-refractivity contribution in [3.8, 4) is 0 Å². The molecule has 1 aliphatic rings. The van der Waals surface area contributed by atoms with E-state index in [1.165, 1.54) is 4.90 Å². The third-order valence-corrected chi connectivity index (χ3v) is 6.32. The van der Waals surface area contributed by atoms with E-state index in [2.05, 4.69) is 10.5 Å². The predicted molar refractivity (Wildman–Crippen MR) is 127 cm³/mol. The number of ketones is 1. The lowest BCUT2D eigenvalue weighted by Crippen LogP contribution is -2.49. The number of Topliss-reactive ketones (excluding diaryl/α,β-unsaturated/α-hetero) is 1. The van der Waals surface area contributed by atoms with Crippen LogP contribution < -0.4 is 5.32 Å². The summed E-state index contributed by atoms with van der Waals surface area (Å²) in [6, 6.07) is 9.69. The Bertz CT molecular complexity index is 1000. The van der Waals surface area contributed by atoms with E-state index in [9.17, 15) is 19.5 Å². The number of rotatable bonds is 9. The highest BCUT2D eigenvalue weighted by Gasteiger charge is 2.43. The number of nitrogens with zero attached hydrogens (tertiary/aromatic N) is 2. The largest absolute Gasteiger partial charge is 0.391 e. The van der Waals surface area contributed by atoms with Crippen molar-refractivity contribution in [3.05, 3.63) is 53.4 Å². The Morgan fingerprint density at radius 2 is 1.85 bits per heavy atom. The molecule has 1 saturated heterocycles. The minimum absolute atomic E-state index is 0.0362. The van der Waals surface area contributed by atoms with Crippen LogP contribution in [0, 0.1) is 18.8 Å². The molecule has 0 aliphatic carbocycles. The van der Waals surface area contributed by atoms with Gasteiger partial charge in [-0.2, -0.15) is 0 Å². The van der Waals surface area contributed by atoms with E-state index in [1.54, 1.807) is 13.0 Å². The number of benzene rings is 1. The Labute approximate surface area is 200 Å². The molecule has 184 valence electrons. The Kier molecular flexibility index (Phi) is 8.25. The molecule has 0 spiro atoms. The lowest BCUT2D eigenvalue weighted by Gasteiger charge is -2.30. The van der Waals surface area contributed by atoms with Gasteiger partial charge in [0, 0.05) is 31.4 Å². The monoisotopic (exact) mass is 469 g/mol. The van der Waals surface area contributed by atoms with Gasteiger partial charge < -0.3 is 19.8 Å². The van der Waals surface area contributed by atoms with Gasteiger partial charge in [-0.3, -0.25) is 14.4 Å². The molecule has 2 heterocycles. The molecule has 3 rings (SSSR count). The molecule has 4 atom stereocenters. The molecule has 34 heavy (non-hydrogen) atoms. The number of likely N-dealkylation sites (tertiary alicyclic amines) is 1. The molecular formula is C26H35N3O5. The molecule has 8 heteroatoms. The van der Waals surface area contributed by atoms with Gasteiger partial charge in [0.15, 0.2) is 0 Å². The number of hydrogen-bond acceptors (Lipinski definition) is 6. The predicted octanol–water partition coefficient (Wildman–Crippen LogP) is 3.16. The number of aryl methyl sites for hydroxylation is 1. The van der Waals surface area contributed by atoms with Crippen LogP contribution in [0.15, 0.2) is 40.9 Å². The van der Waals surface area contributed by atoms with Crippen LogP contribution in [-0.2, 0) is 14.4 Å². The SMILES string of the molecule is Cc1cc([C@H](C(=O)N2C[C@H](O)C[C@H]2C(=O)N[C@@H](CC(=O)C(C)C)c2ccccc2)C(C)C)on1. The van der Waals surface area contributed by atoms with Crippen molar-refractivity contribution in [3.63, 3.8) is 0 Å². The van der Waals surface area contributed by atoms with E-state index < -0.39 is 24.1 Å². The van der Waals surface area contributed by atoms with Crippen LogP contribution >= 0.6 is 0 Å². The zero-order valence-electron chi connectivity index (χ0n) is 20.5. The first-order valence-electron chi connectivity index (χ1n) is 11.9. The van der Waals surface area contributed by atoms with Crippen molar-refractivity contribution in [2.24, 2.45) is 11.8 Å². The van der Waals surface area contributed by atoms with E-state index in [0.29, 0.717) is 11.5 Å². The Balaban J connectivity index is 1.83. The van der Waals surface area contributed by atoms with Gasteiger partial charge in [0.2, 0.25) is 11.8 Å². The first-order valence-corrected chi connectivity index (χ1v) is 11.9. The van der Waals surface area contributed by atoms with E-state index in [4.69, 9.17) is 4.52 Å². The number of amides is 2. The standard InChI is InChI=1S/C26H35N3O5/c1-15(2)22(31)13-20(18-9-7-6-8-10-18)27-25(32)21-12-19(30)14-29(21)26(33)24(16(3)4)23-11-17(5)28-34-23/h6-11,15-16,19-21,24,30H,12-14H2,1-5H3,(H,27,32)/t19-,20+,21+,24-/m1/s1. The second-order valence-corrected chi connectivity index (χ2v) is 9.79. The summed E-state index contributed by atoms with van der Waals surface area (Å²) in [5.74, 6) is -1.05. The fourth-order valence-electron chi connectivity index (χ4n) is 4.39. The molecule has 0 saturated carbocycles. The highest BCUT2D eigenvalue weighted by Crippen LogP contribution is 2.31. The molecule has 1 aromatic heterocycles. The number of β-amino-alcohol motifs (C(OH)–C–C–N with tert-alkyl or cyclic N) is 1. The normalized spacial score (nSPS) is 19.9. The van der Waals surface area contributed by atoms with Gasteiger partial charge in [0.25, 0.3) is 0 Å². The van der Waals surface area contributed by atoms with Crippen LogP contribution in [0.4, 0.5) is 0 Å². The van der Waals surface area contributed by atoms with Crippen LogP contribution in [0.3, 0.4) is 0 Å². The van der Waals surface area contributed by atoms with Crippen molar-refractivity contribution in [2.45, 2.75) is 71.6 Å². The van der Waals surface area contributed by atoms with Crippen LogP contribution in [0.1, 0.15) is 69.5 Å². The number of carbonyl (C=O) groups is 3. The minimum atomic E-state index is -0.840. The van der Waals surface area contributed by atoms with Gasteiger partial charge in [0.1, 0.15) is 23.5 Å². The molecular weight excluding hydrogens is 434 g/mol. The van der Waals surface area contributed by atoms with Crippen LogP contribution in [-0.4, -0.2) is 51.5 Å². The molecule has 1 fully saturated rings. The first-order chi connectivity index (χ1) is 16.1. The molecule has 1 aromatic carbocycles. The number of aromatic nitrogens is 1. The summed E-state index contributed by atoms with van der Waals surface area (Å²) in [5.41, 5.74) is 1.49. The van der Waals surface area contributed by atoms with Gasteiger partial charge in [-0.05, 0) is 18.4 Å². The van der Waals surface area contributed by atoms with Gasteiger partial charge in [0.05, 0.1) is 17.8 Å². The summed E-state index contributed by atoms with van der Waals surface area (Å²) in [6.07, 6.45) is -0.517. The van der Waals surface area contributed by atoms with E-state index in [0.717, 1.165) is 5.56 Å². The number of hydrogen-bond donors (Lipinski definition) is 2. The molecule has 0 unspecified atom stereocenters. The Morgan fingerprint density at radius 3 is 2.41 bits per heavy atom. The maximum absolute atomic E-state index is 13.6. The first kappa shape index (κ1) is 25.6. The highest BCUT2D eigenvalue weighted by molar-refractivity contribution is 5.91. The lowest BCUT2D eigenvalue weighted by molar-refractivity contribution is -0.141. The molecule has 2 N–H and O–H groups in total. The Hall–Kier alpha value is -3.00. The highest BCUT2D eigenvalue weighted by atomic mass is 16.5. The zero-order valence-corrected chi connectivity index (χ0v) is 20.5. The average molecular weight is 470 g/mol. The quantitative estimate of drug-likeness (QED) is 0.583. The van der Waals surface area contributed by atoms with Crippen LogP contribution in [0.5, 0.6) is 0 Å². The number of aliphatic hydroxyl groups excluding tert-OH is 1. The molecule has 2 amide bonds. The van der Waals surface area contributed by atoms with Crippen molar-refractivity contribution in [2.75, 3.05) is 6.54 Å². The zero-order chi connectivity index (χ0) is 25.0. The molecule has 0 bridgehead atoms. The van der Waals surface area contributed by atoms with E-state index >= 15 is 0 Å². The average Bonchev–Trinajstić information content (AvgIpc) is 3.39. The topological polar surface area (TPSA) is 113 Å². The van der Waals surface area contributed by atoms with Crippen molar-refractivity contribution >= 4 is 17.6 Å². The lowest BCUT2D eigenvalue weighted by atomic mass is 9.91. The maximum atomic E-state index is 13.6. The van der Waals surface area contributed by atoms with Crippen LogP contribution in [0.2, 0.25) is 0 Å². The van der Waals surface area contributed by atoms with Gasteiger partial charge in [-0.1, -0.05) is 63.2 Å². The second kappa shape index (κ2) is 11.0. The smallest absolute Gasteiger partial charge is 0.243 e. The number of nitrogens with one attached hydrogen (secondary N) is 1. The maximum Gasteiger partial charge on any atom is 0.243 e. The third-order valence-electron chi connectivity index (χ3n) is 6.32. The number of aliphatic hydroxyl groups is 1. The van der Waals surface area contributed by atoms with Crippen molar-refractivity contribution in [1.29, 1.82) is 0 Å². The van der Waals surface area contributed by atoms with Crippen LogP contribution in [0.25, 0.3) is 0 Å². The second-order valence-electron chi connectivity index (χ2n) is 9.79. The molecule has 0 radical (unpaired) electrons. The number of carbonyl (C=O) groups excluding carboxylic acids is 3. The van der Waals surface area contributed by atoms with Gasteiger partial charge in [-0.25, -0.2) is 0 Å². The van der Waals surface area contributed by atoms with Crippen molar-refractivity contribution in [1.82, 2.24) is 15.4 Å². The Morgan fingerprint density at radius 1 is 1.18 bits per heavy atom. The fraction of sp³-hybridized carbons (Fsp3) is 0.538. The summed E-state index contributed by atoms with van der Waals surface area (Å²) >= 11 is 0. The van der Waals surface area contributed by atoms with Crippen molar-refractivity contribution < 1.29 is 24.0 Å². The van der Waals surface area contributed by atoms with E-state index in [-0.39, 0.29) is 48.8 Å². The summed E-state index contributed by atoms with van der Waals surface area (Å²) in [6.45, 7) is 9.32. The van der Waals surface area contributed by atoms with E-state index in [1.807, 2.05) is 58.0 Å². The minimum Gasteiger partial charge on any atom is -0.391 e. The third kappa shape index (κ3) is 5.91. The molecule has 1 aliphatic heterocycles.